The van der Waals surface area contributed by atoms with Crippen LogP contribution in [0.4, 0.5) is 0 Å². The molecule has 0 aromatic heterocycles. The summed E-state index contributed by atoms with van der Waals surface area (Å²) in [6.45, 7) is 0. The SMILES string of the molecule is O=C1OC(Cl)CC1c1ccccc1. The zero-order chi connectivity index (χ0) is 9.26. The van der Waals surface area contributed by atoms with E-state index >= 15 is 0 Å². The highest BCUT2D eigenvalue weighted by Gasteiger charge is 2.33. The van der Waals surface area contributed by atoms with Crippen molar-refractivity contribution in [1.82, 2.24) is 0 Å². The second-order valence-corrected chi connectivity index (χ2v) is 3.53. The Morgan fingerprint density at radius 1 is 1.31 bits per heavy atom. The average molecular weight is 197 g/mol. The van der Waals surface area contributed by atoms with Gasteiger partial charge in [-0.1, -0.05) is 41.9 Å². The van der Waals surface area contributed by atoms with E-state index in [0.717, 1.165) is 5.56 Å². The molecule has 2 rings (SSSR count). The maximum atomic E-state index is 11.3. The minimum absolute atomic E-state index is 0.177. The largest absolute Gasteiger partial charge is 0.445 e. The van der Waals surface area contributed by atoms with Crippen LogP contribution in [-0.4, -0.2) is 11.5 Å². The molecule has 1 aliphatic heterocycles. The fourth-order valence-electron chi connectivity index (χ4n) is 1.50. The molecule has 68 valence electrons. The van der Waals surface area contributed by atoms with Crippen molar-refractivity contribution < 1.29 is 9.53 Å². The van der Waals surface area contributed by atoms with E-state index in [1.54, 1.807) is 0 Å². The second-order valence-electron chi connectivity index (χ2n) is 3.05. The second kappa shape index (κ2) is 3.38. The van der Waals surface area contributed by atoms with Crippen LogP contribution in [0.5, 0.6) is 0 Å². The summed E-state index contributed by atoms with van der Waals surface area (Å²) in [7, 11) is 0. The number of rotatable bonds is 1. The molecule has 2 atom stereocenters. The van der Waals surface area contributed by atoms with Gasteiger partial charge in [-0.05, 0) is 5.56 Å². The lowest BCUT2D eigenvalue weighted by molar-refractivity contribution is -0.140. The number of benzene rings is 1. The van der Waals surface area contributed by atoms with E-state index in [4.69, 9.17) is 16.3 Å². The Labute approximate surface area is 81.5 Å². The molecule has 0 bridgehead atoms. The summed E-state index contributed by atoms with van der Waals surface area (Å²) in [6.07, 6.45) is 0.574. The normalized spacial score (nSPS) is 27.3. The standard InChI is InChI=1S/C10H9ClO2/c11-9-6-8(10(12)13-9)7-4-2-1-3-5-7/h1-5,8-9H,6H2. The summed E-state index contributed by atoms with van der Waals surface area (Å²) < 4.78 is 4.85. The minimum Gasteiger partial charge on any atom is -0.445 e. The molecular weight excluding hydrogens is 188 g/mol. The lowest BCUT2D eigenvalue weighted by atomic mass is 9.98. The van der Waals surface area contributed by atoms with Crippen LogP contribution in [-0.2, 0) is 9.53 Å². The van der Waals surface area contributed by atoms with Gasteiger partial charge in [0.05, 0.1) is 5.92 Å². The molecule has 13 heavy (non-hydrogen) atoms. The monoisotopic (exact) mass is 196 g/mol. The van der Waals surface area contributed by atoms with Gasteiger partial charge in [0.2, 0.25) is 0 Å². The summed E-state index contributed by atoms with van der Waals surface area (Å²) in [4.78, 5) is 11.3. The highest BCUT2D eigenvalue weighted by molar-refractivity contribution is 6.21. The molecule has 0 spiro atoms. The van der Waals surface area contributed by atoms with Gasteiger partial charge in [0.15, 0.2) is 5.56 Å². The first-order valence-electron chi connectivity index (χ1n) is 4.17. The average Bonchev–Trinajstić information content (AvgIpc) is 2.47. The van der Waals surface area contributed by atoms with Crippen molar-refractivity contribution in [3.63, 3.8) is 0 Å². The molecule has 1 aromatic carbocycles. The first-order valence-corrected chi connectivity index (χ1v) is 4.60. The minimum atomic E-state index is -0.460. The zero-order valence-electron chi connectivity index (χ0n) is 6.94. The van der Waals surface area contributed by atoms with Crippen molar-refractivity contribution in [1.29, 1.82) is 0 Å². The Bertz CT molecular complexity index is 310. The fraction of sp³-hybridized carbons (Fsp3) is 0.300. The predicted molar refractivity (Wildman–Crippen MR) is 49.5 cm³/mol. The molecule has 1 heterocycles. The van der Waals surface area contributed by atoms with Gasteiger partial charge in [0.25, 0.3) is 0 Å². The van der Waals surface area contributed by atoms with Gasteiger partial charge in [-0.15, -0.1) is 0 Å². The van der Waals surface area contributed by atoms with Crippen LogP contribution < -0.4 is 0 Å². The molecule has 2 nitrogen and oxygen atoms in total. The predicted octanol–water partition coefficient (Wildman–Crippen LogP) is 2.28. The van der Waals surface area contributed by atoms with Crippen LogP contribution >= 0.6 is 11.6 Å². The maximum absolute atomic E-state index is 11.3. The Kier molecular flexibility index (Phi) is 2.23. The van der Waals surface area contributed by atoms with Crippen LogP contribution in [0.1, 0.15) is 17.9 Å². The Hall–Kier alpha value is -1.02. The van der Waals surface area contributed by atoms with Crippen molar-refractivity contribution in [2.45, 2.75) is 17.9 Å². The van der Waals surface area contributed by atoms with Crippen LogP contribution in [0, 0.1) is 0 Å². The molecule has 0 radical (unpaired) electrons. The van der Waals surface area contributed by atoms with Crippen LogP contribution in [0.25, 0.3) is 0 Å². The number of carbonyl (C=O) groups is 1. The molecule has 3 heteroatoms. The van der Waals surface area contributed by atoms with Gasteiger partial charge in [0.1, 0.15) is 0 Å². The van der Waals surface area contributed by atoms with Crippen molar-refractivity contribution in [2.75, 3.05) is 0 Å². The van der Waals surface area contributed by atoms with Crippen molar-refractivity contribution in [3.05, 3.63) is 35.9 Å². The number of hydrogen-bond acceptors (Lipinski definition) is 2. The lowest BCUT2D eigenvalue weighted by Gasteiger charge is -2.03. The summed E-state index contributed by atoms with van der Waals surface area (Å²) in [5, 5.41) is 0. The molecule has 0 amide bonds. The Morgan fingerprint density at radius 3 is 2.54 bits per heavy atom. The van der Waals surface area contributed by atoms with Gasteiger partial charge >= 0.3 is 5.97 Å². The summed E-state index contributed by atoms with van der Waals surface area (Å²) >= 11 is 5.71. The topological polar surface area (TPSA) is 26.3 Å². The number of halogens is 1. The Morgan fingerprint density at radius 2 is 2.00 bits per heavy atom. The number of esters is 1. The first-order chi connectivity index (χ1) is 6.27. The van der Waals surface area contributed by atoms with E-state index in [9.17, 15) is 4.79 Å². The molecule has 1 aromatic rings. The summed E-state index contributed by atoms with van der Waals surface area (Å²) in [5.74, 6) is -0.394. The van der Waals surface area contributed by atoms with Gasteiger partial charge in [-0.3, -0.25) is 4.79 Å². The molecule has 2 unspecified atom stereocenters. The van der Waals surface area contributed by atoms with Gasteiger partial charge in [-0.25, -0.2) is 0 Å². The number of ether oxygens (including phenoxy) is 1. The molecule has 1 fully saturated rings. The highest BCUT2D eigenvalue weighted by atomic mass is 35.5. The van der Waals surface area contributed by atoms with Crippen LogP contribution in [0.2, 0.25) is 0 Å². The molecule has 1 aliphatic rings. The van der Waals surface area contributed by atoms with Gasteiger partial charge < -0.3 is 4.74 Å². The van der Waals surface area contributed by atoms with E-state index in [2.05, 4.69) is 0 Å². The first kappa shape index (κ1) is 8.57. The zero-order valence-corrected chi connectivity index (χ0v) is 7.70. The highest BCUT2D eigenvalue weighted by Crippen LogP contribution is 2.31. The van der Waals surface area contributed by atoms with E-state index in [-0.39, 0.29) is 11.9 Å². The maximum Gasteiger partial charge on any atom is 0.315 e. The number of cyclic esters (lactones) is 1. The third-order valence-electron chi connectivity index (χ3n) is 2.15. The number of alkyl halides is 1. The fourth-order valence-corrected chi connectivity index (χ4v) is 1.76. The lowest BCUT2D eigenvalue weighted by Crippen LogP contribution is -2.04. The van der Waals surface area contributed by atoms with Crippen LogP contribution in [0.15, 0.2) is 30.3 Å². The molecule has 0 N–H and O–H groups in total. The molecule has 0 saturated carbocycles. The number of carbonyl (C=O) groups excluding carboxylic acids is 1. The summed E-state index contributed by atoms with van der Waals surface area (Å²) in [5.41, 5.74) is 0.522. The van der Waals surface area contributed by atoms with E-state index in [0.29, 0.717) is 6.42 Å². The third kappa shape index (κ3) is 1.68. The molecule has 0 aliphatic carbocycles. The van der Waals surface area contributed by atoms with Crippen LogP contribution in [0.3, 0.4) is 0 Å². The molecule has 1 saturated heterocycles. The number of hydrogen-bond donors (Lipinski definition) is 0. The quantitative estimate of drug-likeness (QED) is 0.509. The summed E-state index contributed by atoms with van der Waals surface area (Å²) in [6, 6.07) is 9.57. The smallest absolute Gasteiger partial charge is 0.315 e. The Balaban J connectivity index is 2.23. The van der Waals surface area contributed by atoms with Crippen molar-refractivity contribution in [3.8, 4) is 0 Å². The van der Waals surface area contributed by atoms with Gasteiger partial charge in [0, 0.05) is 6.42 Å². The van der Waals surface area contributed by atoms with E-state index < -0.39 is 5.56 Å². The van der Waals surface area contributed by atoms with Crippen molar-refractivity contribution >= 4 is 17.6 Å². The van der Waals surface area contributed by atoms with E-state index in [1.165, 1.54) is 0 Å². The van der Waals surface area contributed by atoms with E-state index in [1.807, 2.05) is 30.3 Å². The van der Waals surface area contributed by atoms with Gasteiger partial charge in [-0.2, -0.15) is 0 Å². The molecular formula is C10H9ClO2. The van der Waals surface area contributed by atoms with Crippen molar-refractivity contribution in [2.24, 2.45) is 0 Å². The third-order valence-corrected chi connectivity index (χ3v) is 2.42.